The zero-order valence-electron chi connectivity index (χ0n) is 13.9. The minimum absolute atomic E-state index is 0.00230. The molecule has 0 atom stereocenters. The van der Waals surface area contributed by atoms with Crippen molar-refractivity contribution in [2.45, 2.75) is 12.8 Å². The van der Waals surface area contributed by atoms with Gasteiger partial charge in [0.05, 0.1) is 12.0 Å². The van der Waals surface area contributed by atoms with Crippen LogP contribution in [0.4, 0.5) is 16.2 Å². The van der Waals surface area contributed by atoms with E-state index in [1.165, 1.54) is 0 Å². The number of nitrogens with zero attached hydrogens (tertiary/aromatic N) is 1. The highest BCUT2D eigenvalue weighted by molar-refractivity contribution is 5.97. The molecule has 2 fully saturated rings. The molecular weight excluding hydrogens is 308 g/mol. The fourth-order valence-electron chi connectivity index (χ4n) is 3.32. The lowest BCUT2D eigenvalue weighted by Gasteiger charge is -2.35. The molecule has 7 heteroatoms. The molecule has 1 aromatic rings. The van der Waals surface area contributed by atoms with Gasteiger partial charge in [-0.1, -0.05) is 0 Å². The maximum atomic E-state index is 12.8. The summed E-state index contributed by atoms with van der Waals surface area (Å²) in [6.45, 7) is 3.38. The number of hydrogen-bond donors (Lipinski definition) is 3. The molecule has 2 saturated heterocycles. The van der Waals surface area contributed by atoms with E-state index in [9.17, 15) is 9.59 Å². The van der Waals surface area contributed by atoms with Gasteiger partial charge < -0.3 is 20.7 Å². The Hall–Kier alpha value is -2.12. The van der Waals surface area contributed by atoms with E-state index in [4.69, 9.17) is 4.74 Å². The van der Waals surface area contributed by atoms with Gasteiger partial charge >= 0.3 is 6.03 Å². The number of benzene rings is 1. The van der Waals surface area contributed by atoms with E-state index in [2.05, 4.69) is 16.0 Å². The molecule has 0 aliphatic carbocycles. The molecule has 130 valence electrons. The molecular formula is C17H24N4O3. The molecule has 7 nitrogen and oxygen atoms in total. The minimum atomic E-state index is -0.479. The standard InChI is InChI=1S/C17H24N4O3/c1-24-12-17(6-8-18-9-7-17)15(22)20-13-2-4-14(5-3-13)21-11-10-19-16(21)23/h2-5,18H,6-12H2,1H3,(H,19,23)(H,20,22). The summed E-state index contributed by atoms with van der Waals surface area (Å²) in [7, 11) is 1.63. The number of anilines is 2. The van der Waals surface area contributed by atoms with Gasteiger partial charge in [-0.15, -0.1) is 0 Å². The van der Waals surface area contributed by atoms with Crippen molar-refractivity contribution in [3.63, 3.8) is 0 Å². The van der Waals surface area contributed by atoms with Crippen LogP contribution in [0.25, 0.3) is 0 Å². The monoisotopic (exact) mass is 332 g/mol. The summed E-state index contributed by atoms with van der Waals surface area (Å²) in [5.41, 5.74) is 1.09. The van der Waals surface area contributed by atoms with Crippen LogP contribution in [-0.2, 0) is 9.53 Å². The fourth-order valence-corrected chi connectivity index (χ4v) is 3.32. The number of methoxy groups -OCH3 is 1. The molecule has 2 aliphatic heterocycles. The van der Waals surface area contributed by atoms with Gasteiger partial charge in [0.1, 0.15) is 0 Å². The lowest BCUT2D eigenvalue weighted by Crippen LogP contribution is -2.47. The van der Waals surface area contributed by atoms with E-state index in [1.807, 2.05) is 24.3 Å². The van der Waals surface area contributed by atoms with Crippen molar-refractivity contribution in [1.82, 2.24) is 10.6 Å². The number of hydrogen-bond acceptors (Lipinski definition) is 4. The number of carbonyl (C=O) groups excluding carboxylic acids is 2. The van der Waals surface area contributed by atoms with Crippen LogP contribution in [0.1, 0.15) is 12.8 Å². The molecule has 3 N–H and O–H groups in total. The number of rotatable bonds is 5. The highest BCUT2D eigenvalue weighted by Gasteiger charge is 2.39. The van der Waals surface area contributed by atoms with Crippen molar-refractivity contribution in [3.05, 3.63) is 24.3 Å². The summed E-state index contributed by atoms with van der Waals surface area (Å²) >= 11 is 0. The van der Waals surface area contributed by atoms with Crippen molar-refractivity contribution < 1.29 is 14.3 Å². The first-order valence-electron chi connectivity index (χ1n) is 8.31. The van der Waals surface area contributed by atoms with E-state index in [-0.39, 0.29) is 11.9 Å². The molecule has 3 rings (SSSR count). The summed E-state index contributed by atoms with van der Waals surface area (Å²) in [6.07, 6.45) is 1.53. The maximum absolute atomic E-state index is 12.8. The van der Waals surface area contributed by atoms with Crippen LogP contribution in [-0.4, -0.2) is 51.8 Å². The maximum Gasteiger partial charge on any atom is 0.321 e. The van der Waals surface area contributed by atoms with E-state index in [0.29, 0.717) is 19.7 Å². The summed E-state index contributed by atoms with van der Waals surface area (Å²) in [6, 6.07) is 7.29. The molecule has 1 aromatic carbocycles. The lowest BCUT2D eigenvalue weighted by atomic mass is 9.78. The molecule has 0 aromatic heterocycles. The van der Waals surface area contributed by atoms with Gasteiger partial charge in [-0.2, -0.15) is 0 Å². The van der Waals surface area contributed by atoms with Crippen molar-refractivity contribution in [3.8, 4) is 0 Å². The van der Waals surface area contributed by atoms with E-state index in [0.717, 1.165) is 37.3 Å². The Morgan fingerprint density at radius 2 is 1.96 bits per heavy atom. The van der Waals surface area contributed by atoms with E-state index >= 15 is 0 Å². The van der Waals surface area contributed by atoms with Crippen LogP contribution in [0.5, 0.6) is 0 Å². The second kappa shape index (κ2) is 7.19. The largest absolute Gasteiger partial charge is 0.384 e. The Morgan fingerprint density at radius 3 is 2.54 bits per heavy atom. The predicted octanol–water partition coefficient (Wildman–Crippen LogP) is 1.17. The van der Waals surface area contributed by atoms with Gasteiger partial charge in [0.25, 0.3) is 0 Å². The fraction of sp³-hybridized carbons (Fsp3) is 0.529. The number of amides is 3. The molecule has 0 saturated carbocycles. The second-order valence-electron chi connectivity index (χ2n) is 6.35. The first-order valence-corrected chi connectivity index (χ1v) is 8.31. The number of piperidine rings is 1. The molecule has 2 aliphatic rings. The van der Waals surface area contributed by atoms with Gasteiger partial charge in [0.2, 0.25) is 5.91 Å². The Kier molecular flexibility index (Phi) is 5.01. The van der Waals surface area contributed by atoms with Gasteiger partial charge in [-0.3, -0.25) is 9.69 Å². The van der Waals surface area contributed by atoms with Crippen LogP contribution in [0.15, 0.2) is 24.3 Å². The van der Waals surface area contributed by atoms with Crippen molar-refractivity contribution >= 4 is 23.3 Å². The summed E-state index contributed by atoms with van der Waals surface area (Å²) in [5.74, 6) is -0.00230. The van der Waals surface area contributed by atoms with E-state index in [1.54, 1.807) is 12.0 Å². The topological polar surface area (TPSA) is 82.7 Å². The SMILES string of the molecule is COCC1(C(=O)Nc2ccc(N3CCNC3=O)cc2)CCNCC1. The van der Waals surface area contributed by atoms with Gasteiger partial charge in [0.15, 0.2) is 0 Å². The highest BCUT2D eigenvalue weighted by Crippen LogP contribution is 2.31. The molecule has 24 heavy (non-hydrogen) atoms. The summed E-state index contributed by atoms with van der Waals surface area (Å²) < 4.78 is 5.30. The average molecular weight is 332 g/mol. The van der Waals surface area contributed by atoms with Crippen LogP contribution in [0, 0.1) is 5.41 Å². The average Bonchev–Trinajstić information content (AvgIpc) is 3.03. The third-order valence-electron chi connectivity index (χ3n) is 4.76. The summed E-state index contributed by atoms with van der Waals surface area (Å²) in [4.78, 5) is 26.1. The Morgan fingerprint density at radius 1 is 1.25 bits per heavy atom. The Labute approximate surface area is 141 Å². The molecule has 3 amide bonds. The third kappa shape index (κ3) is 3.37. The van der Waals surface area contributed by atoms with Gasteiger partial charge in [-0.25, -0.2) is 4.79 Å². The molecule has 0 radical (unpaired) electrons. The number of nitrogens with one attached hydrogen (secondary N) is 3. The van der Waals surface area contributed by atoms with Crippen molar-refractivity contribution in [2.24, 2.45) is 5.41 Å². The van der Waals surface area contributed by atoms with Gasteiger partial charge in [-0.05, 0) is 50.2 Å². The minimum Gasteiger partial charge on any atom is -0.384 e. The van der Waals surface area contributed by atoms with Crippen LogP contribution < -0.4 is 20.9 Å². The molecule has 0 bridgehead atoms. The number of ether oxygens (including phenoxy) is 1. The number of carbonyl (C=O) groups is 2. The Bertz CT molecular complexity index is 591. The lowest BCUT2D eigenvalue weighted by molar-refractivity contribution is -0.130. The molecule has 0 spiro atoms. The quantitative estimate of drug-likeness (QED) is 0.756. The highest BCUT2D eigenvalue weighted by atomic mass is 16.5. The van der Waals surface area contributed by atoms with Gasteiger partial charge in [0, 0.05) is 31.6 Å². The van der Waals surface area contributed by atoms with E-state index < -0.39 is 5.41 Å². The normalized spacial score (nSPS) is 19.9. The summed E-state index contributed by atoms with van der Waals surface area (Å²) in [5, 5.41) is 9.06. The van der Waals surface area contributed by atoms with Crippen LogP contribution in [0.2, 0.25) is 0 Å². The molecule has 2 heterocycles. The van der Waals surface area contributed by atoms with Crippen molar-refractivity contribution in [1.29, 1.82) is 0 Å². The second-order valence-corrected chi connectivity index (χ2v) is 6.35. The first kappa shape index (κ1) is 16.7. The predicted molar refractivity (Wildman–Crippen MR) is 92.2 cm³/mol. The zero-order valence-corrected chi connectivity index (χ0v) is 13.9. The third-order valence-corrected chi connectivity index (χ3v) is 4.76. The van der Waals surface area contributed by atoms with Crippen LogP contribution in [0.3, 0.4) is 0 Å². The first-order chi connectivity index (χ1) is 11.6. The Balaban J connectivity index is 1.68. The smallest absolute Gasteiger partial charge is 0.321 e. The molecule has 0 unspecified atom stereocenters. The van der Waals surface area contributed by atoms with Crippen molar-refractivity contribution in [2.75, 3.05) is 50.1 Å². The van der Waals surface area contributed by atoms with Crippen LogP contribution >= 0.6 is 0 Å². The zero-order chi connectivity index (χ0) is 17.0. The number of urea groups is 1.